The Hall–Kier alpha value is -1.06. The number of fused-ring (bicyclic) bond motifs is 1. The molecule has 20 heavy (non-hydrogen) atoms. The van der Waals surface area contributed by atoms with Crippen LogP contribution >= 0.6 is 11.6 Å². The molecular formula is C16H23ClN2O. The van der Waals surface area contributed by atoms with Crippen molar-refractivity contribution in [3.63, 3.8) is 0 Å². The molecule has 4 heteroatoms. The Morgan fingerprint density at radius 1 is 1.35 bits per heavy atom. The molecule has 0 saturated carbocycles. The van der Waals surface area contributed by atoms with Crippen LogP contribution in [0.2, 0.25) is 0 Å². The van der Waals surface area contributed by atoms with E-state index >= 15 is 0 Å². The van der Waals surface area contributed by atoms with Crippen LogP contribution in [0.25, 0.3) is 11.0 Å². The number of hydrogen-bond donors (Lipinski definition) is 0. The van der Waals surface area contributed by atoms with Gasteiger partial charge in [-0.25, -0.2) is 4.98 Å². The summed E-state index contributed by atoms with van der Waals surface area (Å²) in [5.41, 5.74) is 3.38. The molecule has 0 N–H and O–H groups in total. The summed E-state index contributed by atoms with van der Waals surface area (Å²) in [6, 6.07) is 6.25. The van der Waals surface area contributed by atoms with Crippen molar-refractivity contribution in [1.29, 1.82) is 0 Å². The maximum Gasteiger partial charge on any atom is 0.127 e. The Bertz CT molecular complexity index is 563. The molecule has 0 bridgehead atoms. The molecule has 1 heterocycles. The van der Waals surface area contributed by atoms with Gasteiger partial charge in [0.25, 0.3) is 0 Å². The van der Waals surface area contributed by atoms with E-state index in [4.69, 9.17) is 21.3 Å². The maximum atomic E-state index is 6.27. The Kier molecular flexibility index (Phi) is 5.44. The van der Waals surface area contributed by atoms with Crippen molar-refractivity contribution in [2.75, 3.05) is 13.2 Å². The molecule has 1 aromatic carbocycles. The zero-order valence-corrected chi connectivity index (χ0v) is 13.3. The van der Waals surface area contributed by atoms with Gasteiger partial charge in [-0.2, -0.15) is 0 Å². The largest absolute Gasteiger partial charge is 0.380 e. The number of aromatic nitrogens is 2. The standard InChI is InChI=1S/C16H23ClN2O/c1-4-5-10-20-11-9-19-14-8-6-7-12(2)15(14)18-16(19)13(3)17/h6-8,13H,4-5,9-11H2,1-3H3. The van der Waals surface area contributed by atoms with Gasteiger partial charge in [0.05, 0.1) is 23.0 Å². The highest BCUT2D eigenvalue weighted by Gasteiger charge is 2.15. The highest BCUT2D eigenvalue weighted by atomic mass is 35.5. The molecule has 1 unspecified atom stereocenters. The first-order valence-electron chi connectivity index (χ1n) is 7.32. The van der Waals surface area contributed by atoms with E-state index in [0.717, 1.165) is 42.9 Å². The maximum absolute atomic E-state index is 6.27. The summed E-state index contributed by atoms with van der Waals surface area (Å²) < 4.78 is 7.86. The normalized spacial score (nSPS) is 13.0. The van der Waals surface area contributed by atoms with Crippen LogP contribution < -0.4 is 0 Å². The number of ether oxygens (including phenoxy) is 1. The summed E-state index contributed by atoms with van der Waals surface area (Å²) in [6.07, 6.45) is 2.28. The minimum atomic E-state index is -0.0996. The summed E-state index contributed by atoms with van der Waals surface area (Å²) in [6.45, 7) is 8.55. The fourth-order valence-corrected chi connectivity index (χ4v) is 2.51. The van der Waals surface area contributed by atoms with E-state index in [2.05, 4.69) is 36.6 Å². The van der Waals surface area contributed by atoms with Gasteiger partial charge >= 0.3 is 0 Å². The van der Waals surface area contributed by atoms with E-state index in [9.17, 15) is 0 Å². The van der Waals surface area contributed by atoms with Crippen LogP contribution in [-0.2, 0) is 11.3 Å². The zero-order chi connectivity index (χ0) is 14.5. The molecule has 0 aliphatic heterocycles. The number of rotatable bonds is 7. The van der Waals surface area contributed by atoms with E-state index in [0.29, 0.717) is 6.61 Å². The highest BCUT2D eigenvalue weighted by Crippen LogP contribution is 2.26. The Morgan fingerprint density at radius 3 is 2.85 bits per heavy atom. The molecule has 2 aromatic rings. The van der Waals surface area contributed by atoms with Crippen LogP contribution in [0.1, 0.15) is 43.5 Å². The second-order valence-corrected chi connectivity index (χ2v) is 5.80. The number of nitrogens with zero attached hydrogens (tertiary/aromatic N) is 2. The smallest absolute Gasteiger partial charge is 0.127 e. The first-order valence-corrected chi connectivity index (χ1v) is 7.76. The van der Waals surface area contributed by atoms with Gasteiger partial charge in [0.2, 0.25) is 0 Å². The molecule has 110 valence electrons. The van der Waals surface area contributed by atoms with Crippen LogP contribution in [0.3, 0.4) is 0 Å². The monoisotopic (exact) mass is 294 g/mol. The van der Waals surface area contributed by atoms with Crippen molar-refractivity contribution in [1.82, 2.24) is 9.55 Å². The number of hydrogen-bond acceptors (Lipinski definition) is 2. The molecule has 0 radical (unpaired) electrons. The zero-order valence-electron chi connectivity index (χ0n) is 12.5. The van der Waals surface area contributed by atoms with E-state index in [-0.39, 0.29) is 5.38 Å². The van der Waals surface area contributed by atoms with Gasteiger partial charge in [-0.1, -0.05) is 25.5 Å². The van der Waals surface area contributed by atoms with Crippen LogP contribution in [0.15, 0.2) is 18.2 Å². The number of benzene rings is 1. The van der Waals surface area contributed by atoms with Crippen LogP contribution in [-0.4, -0.2) is 22.8 Å². The lowest BCUT2D eigenvalue weighted by atomic mass is 10.2. The molecule has 0 aliphatic rings. The minimum absolute atomic E-state index is 0.0996. The third-order valence-electron chi connectivity index (χ3n) is 3.47. The van der Waals surface area contributed by atoms with Crippen LogP contribution in [0.5, 0.6) is 0 Å². The quantitative estimate of drug-likeness (QED) is 0.557. The summed E-state index contributed by atoms with van der Waals surface area (Å²) in [4.78, 5) is 4.70. The molecule has 0 saturated heterocycles. The molecule has 0 aliphatic carbocycles. The number of imidazole rings is 1. The van der Waals surface area contributed by atoms with Crippen molar-refractivity contribution in [3.8, 4) is 0 Å². The molecular weight excluding hydrogens is 272 g/mol. The first kappa shape index (κ1) is 15.3. The molecule has 0 spiro atoms. The number of para-hydroxylation sites is 1. The fourth-order valence-electron chi connectivity index (χ4n) is 2.35. The molecule has 2 rings (SSSR count). The molecule has 3 nitrogen and oxygen atoms in total. The lowest BCUT2D eigenvalue weighted by Crippen LogP contribution is -2.10. The van der Waals surface area contributed by atoms with E-state index in [1.54, 1.807) is 0 Å². The van der Waals surface area contributed by atoms with E-state index in [1.165, 1.54) is 5.56 Å². The summed E-state index contributed by atoms with van der Waals surface area (Å²) in [5, 5.41) is -0.0996. The van der Waals surface area contributed by atoms with Gasteiger partial charge in [0.15, 0.2) is 0 Å². The van der Waals surface area contributed by atoms with Gasteiger partial charge in [-0.3, -0.25) is 0 Å². The minimum Gasteiger partial charge on any atom is -0.380 e. The highest BCUT2D eigenvalue weighted by molar-refractivity contribution is 6.20. The van der Waals surface area contributed by atoms with Crippen molar-refractivity contribution < 1.29 is 4.74 Å². The molecule has 0 fully saturated rings. The van der Waals surface area contributed by atoms with E-state index in [1.807, 2.05) is 6.92 Å². The lowest BCUT2D eigenvalue weighted by molar-refractivity contribution is 0.123. The summed E-state index contributed by atoms with van der Waals surface area (Å²) in [7, 11) is 0. The average Bonchev–Trinajstić information content (AvgIpc) is 2.79. The van der Waals surface area contributed by atoms with Crippen molar-refractivity contribution in [2.24, 2.45) is 0 Å². The van der Waals surface area contributed by atoms with Crippen molar-refractivity contribution >= 4 is 22.6 Å². The summed E-state index contributed by atoms with van der Waals surface area (Å²) in [5.74, 6) is 0.926. The summed E-state index contributed by atoms with van der Waals surface area (Å²) >= 11 is 6.27. The fraction of sp³-hybridized carbons (Fsp3) is 0.562. The predicted octanol–water partition coefficient (Wildman–Crippen LogP) is 4.46. The third kappa shape index (κ3) is 3.33. The number of aryl methyl sites for hydroxylation is 1. The lowest BCUT2D eigenvalue weighted by Gasteiger charge is -2.11. The Morgan fingerprint density at radius 2 is 2.15 bits per heavy atom. The van der Waals surface area contributed by atoms with Gasteiger partial charge in [-0.05, 0) is 31.9 Å². The third-order valence-corrected chi connectivity index (χ3v) is 3.66. The van der Waals surface area contributed by atoms with E-state index < -0.39 is 0 Å². The SMILES string of the molecule is CCCCOCCn1c(C(C)Cl)nc2c(C)cccc21. The average molecular weight is 295 g/mol. The molecule has 0 amide bonds. The molecule has 1 atom stereocenters. The predicted molar refractivity (Wildman–Crippen MR) is 84.5 cm³/mol. The van der Waals surface area contributed by atoms with Crippen molar-refractivity contribution in [3.05, 3.63) is 29.6 Å². The Labute approximate surface area is 125 Å². The van der Waals surface area contributed by atoms with Crippen molar-refractivity contribution in [2.45, 2.75) is 45.5 Å². The topological polar surface area (TPSA) is 27.1 Å². The molecule has 1 aromatic heterocycles. The number of alkyl halides is 1. The van der Waals surface area contributed by atoms with Gasteiger partial charge in [0.1, 0.15) is 5.82 Å². The van der Waals surface area contributed by atoms with Crippen LogP contribution in [0, 0.1) is 6.92 Å². The Balaban J connectivity index is 2.21. The first-order chi connectivity index (χ1) is 9.65. The second kappa shape index (κ2) is 7.09. The van der Waals surface area contributed by atoms with Crippen LogP contribution in [0.4, 0.5) is 0 Å². The van der Waals surface area contributed by atoms with Gasteiger partial charge in [-0.15, -0.1) is 11.6 Å². The second-order valence-electron chi connectivity index (χ2n) is 5.15. The number of unbranched alkanes of at least 4 members (excludes halogenated alkanes) is 1. The number of halogens is 1. The van der Waals surface area contributed by atoms with Gasteiger partial charge < -0.3 is 9.30 Å². The van der Waals surface area contributed by atoms with Gasteiger partial charge in [0, 0.05) is 13.2 Å².